The van der Waals surface area contributed by atoms with Crippen LogP contribution in [0, 0.1) is 5.82 Å². The molecule has 4 nitrogen and oxygen atoms in total. The van der Waals surface area contributed by atoms with Crippen LogP contribution in [0.15, 0.2) is 18.2 Å². The molecule has 0 radical (unpaired) electrons. The average Bonchev–Trinajstić information content (AvgIpc) is 2.41. The molecule has 1 aromatic rings. The molecule has 108 valence electrons. The van der Waals surface area contributed by atoms with Gasteiger partial charge in [0.2, 0.25) is 0 Å². The molecule has 0 spiro atoms. The van der Waals surface area contributed by atoms with Crippen LogP contribution in [-0.2, 0) is 4.79 Å². The van der Waals surface area contributed by atoms with Crippen molar-refractivity contribution in [2.24, 2.45) is 0 Å². The maximum absolute atomic E-state index is 13.1. The minimum absolute atomic E-state index is 0.0896. The molecule has 1 heterocycles. The van der Waals surface area contributed by atoms with Gasteiger partial charge < -0.3 is 10.0 Å². The van der Waals surface area contributed by atoms with Gasteiger partial charge in [-0.2, -0.15) is 11.8 Å². The molecule has 1 amide bonds. The molecule has 1 saturated heterocycles. The average molecular weight is 318 g/mol. The van der Waals surface area contributed by atoms with E-state index >= 15 is 0 Å². The molecule has 0 saturated carbocycles. The third-order valence-electron chi connectivity index (χ3n) is 3.07. The van der Waals surface area contributed by atoms with Crippen molar-refractivity contribution >= 4 is 35.2 Å². The van der Waals surface area contributed by atoms with Gasteiger partial charge in [0.05, 0.1) is 17.5 Å². The smallest absolute Gasteiger partial charge is 0.305 e. The first kappa shape index (κ1) is 15.1. The van der Waals surface area contributed by atoms with Crippen molar-refractivity contribution in [2.45, 2.75) is 12.5 Å². The van der Waals surface area contributed by atoms with Crippen LogP contribution in [0.3, 0.4) is 0 Å². The van der Waals surface area contributed by atoms with Gasteiger partial charge in [0.1, 0.15) is 5.82 Å². The number of amides is 1. The van der Waals surface area contributed by atoms with Gasteiger partial charge in [0.25, 0.3) is 5.91 Å². The van der Waals surface area contributed by atoms with Crippen LogP contribution in [0.25, 0.3) is 0 Å². The van der Waals surface area contributed by atoms with Crippen molar-refractivity contribution < 1.29 is 19.1 Å². The molecule has 1 aromatic carbocycles. The lowest BCUT2D eigenvalue weighted by Crippen LogP contribution is -2.47. The zero-order chi connectivity index (χ0) is 14.7. The Morgan fingerprint density at radius 1 is 1.50 bits per heavy atom. The topological polar surface area (TPSA) is 57.6 Å². The second kappa shape index (κ2) is 6.45. The van der Waals surface area contributed by atoms with Crippen molar-refractivity contribution in [3.05, 3.63) is 34.6 Å². The third-order valence-corrected chi connectivity index (χ3v) is 4.45. The summed E-state index contributed by atoms with van der Waals surface area (Å²) in [6.07, 6.45) is -0.0896. The number of rotatable bonds is 3. The Morgan fingerprint density at radius 3 is 2.90 bits per heavy atom. The summed E-state index contributed by atoms with van der Waals surface area (Å²) in [6, 6.07) is 3.44. The van der Waals surface area contributed by atoms with Crippen LogP contribution < -0.4 is 0 Å². The van der Waals surface area contributed by atoms with Crippen molar-refractivity contribution in [3.8, 4) is 0 Å². The number of carboxylic acid groups (broad SMARTS) is 1. The lowest BCUT2D eigenvalue weighted by molar-refractivity contribution is -0.138. The number of aliphatic carboxylic acids is 1. The van der Waals surface area contributed by atoms with Gasteiger partial charge in [-0.05, 0) is 18.2 Å². The summed E-state index contributed by atoms with van der Waals surface area (Å²) in [5.74, 6) is -0.477. The second-order valence-electron chi connectivity index (χ2n) is 4.45. The largest absolute Gasteiger partial charge is 0.481 e. The quantitative estimate of drug-likeness (QED) is 0.930. The fraction of sp³-hybridized carbons (Fsp3) is 0.385. The molecule has 0 aliphatic carbocycles. The highest BCUT2D eigenvalue weighted by Gasteiger charge is 2.29. The van der Waals surface area contributed by atoms with Gasteiger partial charge in [-0.15, -0.1) is 0 Å². The van der Waals surface area contributed by atoms with E-state index in [-0.39, 0.29) is 29.0 Å². The van der Waals surface area contributed by atoms with Crippen LogP contribution in [0.2, 0.25) is 5.02 Å². The van der Waals surface area contributed by atoms with Crippen molar-refractivity contribution in [1.82, 2.24) is 4.90 Å². The predicted molar refractivity (Wildman–Crippen MR) is 75.8 cm³/mol. The number of carbonyl (C=O) groups is 2. The van der Waals surface area contributed by atoms with E-state index in [9.17, 15) is 14.0 Å². The number of nitrogens with zero attached hydrogens (tertiary/aromatic N) is 1. The van der Waals surface area contributed by atoms with E-state index in [0.717, 1.165) is 11.8 Å². The third kappa shape index (κ3) is 3.43. The zero-order valence-corrected chi connectivity index (χ0v) is 12.1. The van der Waals surface area contributed by atoms with E-state index in [1.807, 2.05) is 0 Å². The Hall–Kier alpha value is -1.27. The fourth-order valence-corrected chi connectivity index (χ4v) is 3.33. The minimum atomic E-state index is -0.938. The Labute approximate surface area is 124 Å². The van der Waals surface area contributed by atoms with Crippen LogP contribution in [0.1, 0.15) is 16.8 Å². The SMILES string of the molecule is O=C(O)CC1CSCCN1C(=O)c1ccc(F)c(Cl)c1. The van der Waals surface area contributed by atoms with E-state index in [0.29, 0.717) is 12.3 Å². The molecule has 1 aliphatic rings. The van der Waals surface area contributed by atoms with E-state index < -0.39 is 11.8 Å². The van der Waals surface area contributed by atoms with E-state index in [1.165, 1.54) is 17.0 Å². The molecule has 20 heavy (non-hydrogen) atoms. The highest BCUT2D eigenvalue weighted by Crippen LogP contribution is 2.23. The number of hydrogen-bond donors (Lipinski definition) is 1. The molecule has 0 aromatic heterocycles. The van der Waals surface area contributed by atoms with Crippen LogP contribution in [0.5, 0.6) is 0 Å². The van der Waals surface area contributed by atoms with Crippen molar-refractivity contribution in [2.75, 3.05) is 18.1 Å². The van der Waals surface area contributed by atoms with E-state index in [1.54, 1.807) is 11.8 Å². The first-order valence-corrected chi connectivity index (χ1v) is 7.58. The Morgan fingerprint density at radius 2 is 2.25 bits per heavy atom. The summed E-state index contributed by atoms with van der Waals surface area (Å²) in [7, 11) is 0. The van der Waals surface area contributed by atoms with Crippen molar-refractivity contribution in [1.29, 1.82) is 0 Å². The van der Waals surface area contributed by atoms with Gasteiger partial charge in [-0.3, -0.25) is 9.59 Å². The van der Waals surface area contributed by atoms with Crippen molar-refractivity contribution in [3.63, 3.8) is 0 Å². The molecule has 1 aliphatic heterocycles. The maximum atomic E-state index is 13.1. The number of hydrogen-bond acceptors (Lipinski definition) is 3. The number of benzene rings is 1. The molecule has 1 atom stereocenters. The van der Waals surface area contributed by atoms with Crippen LogP contribution >= 0.6 is 23.4 Å². The Bertz CT molecular complexity index is 540. The van der Waals surface area contributed by atoms with E-state index in [2.05, 4.69) is 0 Å². The predicted octanol–water partition coefficient (Wildman–Crippen LogP) is 2.51. The maximum Gasteiger partial charge on any atom is 0.305 e. The number of carbonyl (C=O) groups excluding carboxylic acids is 1. The Balaban J connectivity index is 2.20. The summed E-state index contributed by atoms with van der Waals surface area (Å²) in [5.41, 5.74) is 0.277. The lowest BCUT2D eigenvalue weighted by Gasteiger charge is -2.34. The van der Waals surface area contributed by atoms with Crippen LogP contribution in [0.4, 0.5) is 4.39 Å². The first-order chi connectivity index (χ1) is 9.49. The zero-order valence-electron chi connectivity index (χ0n) is 10.5. The highest BCUT2D eigenvalue weighted by molar-refractivity contribution is 7.99. The molecule has 1 unspecified atom stereocenters. The number of thioether (sulfide) groups is 1. The molecule has 7 heteroatoms. The van der Waals surface area contributed by atoms with Gasteiger partial charge in [-0.25, -0.2) is 4.39 Å². The summed E-state index contributed by atoms with van der Waals surface area (Å²) in [5, 5.41) is 8.78. The standard InChI is InChI=1S/C13H13ClFNO3S/c14-10-5-8(1-2-11(10)15)13(19)16-3-4-20-7-9(16)6-12(17)18/h1-2,5,9H,3-4,6-7H2,(H,17,18). The molecule has 1 N–H and O–H groups in total. The molecule has 2 rings (SSSR count). The molecular formula is C13H13ClFNO3S. The fourth-order valence-electron chi connectivity index (χ4n) is 2.09. The summed E-state index contributed by atoms with van der Waals surface area (Å²) < 4.78 is 13.1. The number of carboxylic acids is 1. The minimum Gasteiger partial charge on any atom is -0.481 e. The molecule has 1 fully saturated rings. The highest BCUT2D eigenvalue weighted by atomic mass is 35.5. The molecule has 0 bridgehead atoms. The monoisotopic (exact) mass is 317 g/mol. The van der Waals surface area contributed by atoms with Gasteiger partial charge in [0.15, 0.2) is 0 Å². The molecular weight excluding hydrogens is 305 g/mol. The second-order valence-corrected chi connectivity index (χ2v) is 6.01. The Kier molecular flexibility index (Phi) is 4.88. The van der Waals surface area contributed by atoms with Gasteiger partial charge >= 0.3 is 5.97 Å². The summed E-state index contributed by atoms with van der Waals surface area (Å²) in [6.45, 7) is 0.483. The first-order valence-electron chi connectivity index (χ1n) is 6.04. The van der Waals surface area contributed by atoms with Gasteiger partial charge in [-0.1, -0.05) is 11.6 Å². The lowest BCUT2D eigenvalue weighted by atomic mass is 10.1. The summed E-state index contributed by atoms with van der Waals surface area (Å²) in [4.78, 5) is 24.8. The van der Waals surface area contributed by atoms with Gasteiger partial charge in [0, 0.05) is 23.6 Å². The summed E-state index contributed by atoms with van der Waals surface area (Å²) >= 11 is 7.30. The normalized spacial score (nSPS) is 18.9. The number of halogens is 2. The van der Waals surface area contributed by atoms with E-state index in [4.69, 9.17) is 16.7 Å². The van der Waals surface area contributed by atoms with Crippen LogP contribution in [-0.4, -0.2) is 46.0 Å².